The monoisotopic (exact) mass is 352 g/mol. The van der Waals surface area contributed by atoms with Crippen LogP contribution >= 0.6 is 0 Å². The van der Waals surface area contributed by atoms with Gasteiger partial charge in [-0.15, -0.1) is 0 Å². The summed E-state index contributed by atoms with van der Waals surface area (Å²) in [6.07, 6.45) is 8.64. The molecule has 140 valence electrons. The Morgan fingerprint density at radius 2 is 1.88 bits per heavy atom. The van der Waals surface area contributed by atoms with Crippen LogP contribution in [0.1, 0.15) is 50.3 Å². The lowest BCUT2D eigenvalue weighted by molar-refractivity contribution is -0.00878. The van der Waals surface area contributed by atoms with Gasteiger partial charge in [-0.05, 0) is 75.2 Å². The molecule has 1 aliphatic rings. The molecular formula is C23H32N2O. The topological polar surface area (TPSA) is 25.4 Å². The lowest BCUT2D eigenvalue weighted by atomic mass is 9.74. The fraction of sp³-hybridized carbons (Fsp3) is 0.522. The van der Waals surface area contributed by atoms with Crippen molar-refractivity contribution >= 4 is 0 Å². The number of ether oxygens (including phenoxy) is 1. The van der Waals surface area contributed by atoms with Crippen LogP contribution in [-0.2, 0) is 11.2 Å². The normalized spacial score (nSPS) is 18.5. The van der Waals surface area contributed by atoms with Crippen molar-refractivity contribution in [3.8, 4) is 0 Å². The van der Waals surface area contributed by atoms with Crippen LogP contribution in [0.25, 0.3) is 0 Å². The van der Waals surface area contributed by atoms with Gasteiger partial charge in [-0.1, -0.05) is 36.4 Å². The number of rotatable bonds is 8. The Morgan fingerprint density at radius 3 is 2.54 bits per heavy atom. The summed E-state index contributed by atoms with van der Waals surface area (Å²) in [7, 11) is 0. The van der Waals surface area contributed by atoms with Crippen molar-refractivity contribution in [2.24, 2.45) is 5.41 Å². The molecule has 0 radical (unpaired) electrons. The third-order valence-corrected chi connectivity index (χ3v) is 5.97. The molecule has 0 amide bonds. The van der Waals surface area contributed by atoms with E-state index >= 15 is 0 Å². The molecule has 1 unspecified atom stereocenters. The van der Waals surface area contributed by atoms with Crippen molar-refractivity contribution in [3.05, 3.63) is 66.0 Å². The van der Waals surface area contributed by atoms with E-state index in [1.165, 1.54) is 30.4 Å². The Balaban J connectivity index is 1.61. The van der Waals surface area contributed by atoms with Crippen LogP contribution in [-0.4, -0.2) is 36.2 Å². The summed E-state index contributed by atoms with van der Waals surface area (Å²) in [6, 6.07) is 15.5. The van der Waals surface area contributed by atoms with Gasteiger partial charge in [0.2, 0.25) is 0 Å². The van der Waals surface area contributed by atoms with Crippen LogP contribution in [0.2, 0.25) is 0 Å². The third kappa shape index (κ3) is 4.93. The van der Waals surface area contributed by atoms with Crippen molar-refractivity contribution in [2.75, 3.05) is 26.3 Å². The van der Waals surface area contributed by atoms with Gasteiger partial charge in [0, 0.05) is 25.0 Å². The molecule has 1 atom stereocenters. The summed E-state index contributed by atoms with van der Waals surface area (Å²) in [4.78, 5) is 6.89. The first-order valence-electron chi connectivity index (χ1n) is 9.98. The van der Waals surface area contributed by atoms with Gasteiger partial charge in [0.05, 0.1) is 6.61 Å². The first-order valence-corrected chi connectivity index (χ1v) is 9.98. The largest absolute Gasteiger partial charge is 0.381 e. The maximum absolute atomic E-state index is 5.92. The first-order chi connectivity index (χ1) is 12.7. The Hall–Kier alpha value is -1.71. The van der Waals surface area contributed by atoms with Crippen LogP contribution in [0.3, 0.4) is 0 Å². The predicted molar refractivity (Wildman–Crippen MR) is 107 cm³/mol. The quantitative estimate of drug-likeness (QED) is 0.676. The van der Waals surface area contributed by atoms with Gasteiger partial charge in [-0.3, -0.25) is 9.88 Å². The number of piperidine rings is 1. The summed E-state index contributed by atoms with van der Waals surface area (Å²) in [5.41, 5.74) is 3.07. The molecule has 2 aromatic rings. The van der Waals surface area contributed by atoms with Crippen molar-refractivity contribution in [3.63, 3.8) is 0 Å². The molecule has 1 aliphatic heterocycles. The van der Waals surface area contributed by atoms with Crippen molar-refractivity contribution in [2.45, 2.75) is 45.6 Å². The van der Waals surface area contributed by atoms with E-state index in [1.807, 2.05) is 18.5 Å². The van der Waals surface area contributed by atoms with E-state index < -0.39 is 0 Å². The highest BCUT2D eigenvalue weighted by Gasteiger charge is 2.35. The maximum atomic E-state index is 5.92. The zero-order chi connectivity index (χ0) is 18.2. The number of benzene rings is 1. The third-order valence-electron chi connectivity index (χ3n) is 5.97. The minimum absolute atomic E-state index is 0.316. The lowest BCUT2D eigenvalue weighted by Crippen LogP contribution is -2.43. The van der Waals surface area contributed by atoms with Crippen molar-refractivity contribution in [1.82, 2.24) is 9.88 Å². The molecule has 0 aliphatic carbocycles. The number of hydrogen-bond acceptors (Lipinski definition) is 3. The molecule has 3 nitrogen and oxygen atoms in total. The van der Waals surface area contributed by atoms with Gasteiger partial charge in [0.15, 0.2) is 0 Å². The van der Waals surface area contributed by atoms with E-state index in [0.29, 0.717) is 11.5 Å². The van der Waals surface area contributed by atoms with Gasteiger partial charge >= 0.3 is 0 Å². The summed E-state index contributed by atoms with van der Waals surface area (Å²) in [6.45, 7) is 8.38. The van der Waals surface area contributed by atoms with Crippen molar-refractivity contribution in [1.29, 1.82) is 0 Å². The number of hydrogen-bond donors (Lipinski definition) is 0. The number of aromatic nitrogens is 1. The molecule has 1 saturated heterocycles. The average molecular weight is 353 g/mol. The first kappa shape index (κ1) is 19.1. The second-order valence-electron chi connectivity index (χ2n) is 7.62. The molecule has 1 fully saturated rings. The zero-order valence-electron chi connectivity index (χ0n) is 16.2. The van der Waals surface area contributed by atoms with E-state index in [4.69, 9.17) is 4.74 Å². The standard InChI is InChI=1S/C23H32N2O/c1-3-26-19-23(12-11-21-8-5-4-6-9-21)13-16-25(17-14-23)20(2)22-10-7-15-24-18-22/h4-10,15,18,20H,3,11-14,16-17,19H2,1-2H3. The second-order valence-corrected chi connectivity index (χ2v) is 7.62. The predicted octanol–water partition coefficient (Wildman–Crippen LogP) is 4.89. The highest BCUT2D eigenvalue weighted by Crippen LogP contribution is 2.39. The molecular weight excluding hydrogens is 320 g/mol. The molecule has 26 heavy (non-hydrogen) atoms. The highest BCUT2D eigenvalue weighted by atomic mass is 16.5. The van der Waals surface area contributed by atoms with E-state index in [2.05, 4.69) is 60.1 Å². The Bertz CT molecular complexity index is 636. The summed E-state index contributed by atoms with van der Waals surface area (Å²) in [5, 5.41) is 0. The Morgan fingerprint density at radius 1 is 1.12 bits per heavy atom. The van der Waals surface area contributed by atoms with Crippen LogP contribution in [0.5, 0.6) is 0 Å². The van der Waals surface area contributed by atoms with E-state index in [1.54, 1.807) is 0 Å². The Labute approximate surface area is 158 Å². The molecule has 3 rings (SSSR count). The smallest absolute Gasteiger partial charge is 0.0523 e. The van der Waals surface area contributed by atoms with Gasteiger partial charge in [-0.2, -0.15) is 0 Å². The minimum atomic E-state index is 0.316. The van der Waals surface area contributed by atoms with Gasteiger partial charge in [0.1, 0.15) is 0 Å². The molecule has 1 aromatic carbocycles. The Kier molecular flexibility index (Phi) is 6.81. The number of likely N-dealkylation sites (tertiary alicyclic amines) is 1. The van der Waals surface area contributed by atoms with Crippen LogP contribution in [0.15, 0.2) is 54.9 Å². The lowest BCUT2D eigenvalue weighted by Gasteiger charge is -2.44. The van der Waals surface area contributed by atoms with Crippen LogP contribution in [0, 0.1) is 5.41 Å². The molecule has 2 heterocycles. The van der Waals surface area contributed by atoms with Gasteiger partial charge in [0.25, 0.3) is 0 Å². The van der Waals surface area contributed by atoms with Crippen LogP contribution in [0.4, 0.5) is 0 Å². The van der Waals surface area contributed by atoms with E-state index in [0.717, 1.165) is 32.7 Å². The average Bonchev–Trinajstić information content (AvgIpc) is 2.72. The van der Waals surface area contributed by atoms with E-state index in [9.17, 15) is 0 Å². The summed E-state index contributed by atoms with van der Waals surface area (Å²) < 4.78 is 5.92. The highest BCUT2D eigenvalue weighted by molar-refractivity contribution is 5.16. The number of aryl methyl sites for hydroxylation is 1. The fourth-order valence-electron chi connectivity index (χ4n) is 4.06. The molecule has 1 aromatic heterocycles. The fourth-order valence-corrected chi connectivity index (χ4v) is 4.06. The SMILES string of the molecule is CCOCC1(CCc2ccccc2)CCN(C(C)c2cccnc2)CC1. The molecule has 3 heteroatoms. The summed E-state index contributed by atoms with van der Waals surface area (Å²) >= 11 is 0. The van der Waals surface area contributed by atoms with Gasteiger partial charge < -0.3 is 4.74 Å². The molecule has 0 spiro atoms. The number of nitrogens with zero attached hydrogens (tertiary/aromatic N) is 2. The molecule has 0 saturated carbocycles. The van der Waals surface area contributed by atoms with Crippen LogP contribution < -0.4 is 0 Å². The zero-order valence-corrected chi connectivity index (χ0v) is 16.2. The van der Waals surface area contributed by atoms with E-state index in [-0.39, 0.29) is 0 Å². The number of pyridine rings is 1. The van der Waals surface area contributed by atoms with Gasteiger partial charge in [-0.25, -0.2) is 0 Å². The van der Waals surface area contributed by atoms with Crippen molar-refractivity contribution < 1.29 is 4.74 Å². The summed E-state index contributed by atoms with van der Waals surface area (Å²) in [5.74, 6) is 0. The minimum Gasteiger partial charge on any atom is -0.381 e. The second kappa shape index (κ2) is 9.29. The molecule has 0 N–H and O–H groups in total. The maximum Gasteiger partial charge on any atom is 0.0523 e. The molecule has 0 bridgehead atoms.